The second-order valence-electron chi connectivity index (χ2n) is 5.53. The Bertz CT molecular complexity index is 447. The molecule has 1 aromatic heterocycles. The van der Waals surface area contributed by atoms with Crippen LogP contribution in [0.15, 0.2) is 6.07 Å². The zero-order valence-corrected chi connectivity index (χ0v) is 12.9. The minimum atomic E-state index is 0.134. The lowest BCUT2D eigenvalue weighted by Gasteiger charge is -2.32. The third-order valence-corrected chi connectivity index (χ3v) is 4.01. The predicted octanol–water partition coefficient (Wildman–Crippen LogP) is 1.67. The molecule has 0 radical (unpaired) electrons. The van der Waals surface area contributed by atoms with Crippen molar-refractivity contribution in [1.82, 2.24) is 20.0 Å². The quantitative estimate of drug-likeness (QED) is 0.891. The van der Waals surface area contributed by atoms with E-state index < -0.39 is 0 Å². The number of nitrogens with zero attached hydrogens (tertiary/aromatic N) is 3. The van der Waals surface area contributed by atoms with Gasteiger partial charge in [0.25, 0.3) is 5.91 Å². The molecule has 1 N–H and O–H groups in total. The summed E-state index contributed by atoms with van der Waals surface area (Å²) >= 11 is 0. The molecule has 0 spiro atoms. The van der Waals surface area contributed by atoms with Crippen LogP contribution in [0.3, 0.4) is 0 Å². The molecule has 20 heavy (non-hydrogen) atoms. The molecule has 0 aromatic carbocycles. The van der Waals surface area contributed by atoms with Gasteiger partial charge in [-0.25, -0.2) is 0 Å². The molecule has 0 saturated carbocycles. The Hall–Kier alpha value is -1.36. The summed E-state index contributed by atoms with van der Waals surface area (Å²) in [5.74, 6) is 0.839. The minimum absolute atomic E-state index is 0.134. The Morgan fingerprint density at radius 1 is 1.40 bits per heavy atom. The molecule has 0 aliphatic carbocycles. The lowest BCUT2D eigenvalue weighted by molar-refractivity contribution is 0.0678. The van der Waals surface area contributed by atoms with Crippen LogP contribution < -0.4 is 5.32 Å². The number of amides is 1. The zero-order valence-electron chi connectivity index (χ0n) is 12.9. The summed E-state index contributed by atoms with van der Waals surface area (Å²) in [6.45, 7) is 10.7. The van der Waals surface area contributed by atoms with Crippen LogP contribution >= 0.6 is 0 Å². The fourth-order valence-corrected chi connectivity index (χ4v) is 2.81. The van der Waals surface area contributed by atoms with Gasteiger partial charge in [-0.15, -0.1) is 0 Å². The third kappa shape index (κ3) is 3.39. The van der Waals surface area contributed by atoms with Crippen LogP contribution in [0.2, 0.25) is 0 Å². The van der Waals surface area contributed by atoms with Gasteiger partial charge >= 0.3 is 0 Å². The molecule has 1 aliphatic rings. The first-order chi connectivity index (χ1) is 9.65. The van der Waals surface area contributed by atoms with E-state index in [2.05, 4.69) is 17.3 Å². The second kappa shape index (κ2) is 6.88. The fourth-order valence-electron chi connectivity index (χ4n) is 2.81. The van der Waals surface area contributed by atoms with Crippen LogP contribution in [0, 0.1) is 12.8 Å². The molecule has 0 bridgehead atoms. The van der Waals surface area contributed by atoms with Gasteiger partial charge in [-0.3, -0.25) is 9.48 Å². The van der Waals surface area contributed by atoms with Crippen molar-refractivity contribution < 1.29 is 4.79 Å². The van der Waals surface area contributed by atoms with E-state index in [0.29, 0.717) is 5.92 Å². The van der Waals surface area contributed by atoms with E-state index in [1.807, 2.05) is 29.5 Å². The van der Waals surface area contributed by atoms with Crippen molar-refractivity contribution in [3.63, 3.8) is 0 Å². The molecule has 1 amide bonds. The first-order valence-electron chi connectivity index (χ1n) is 7.70. The van der Waals surface area contributed by atoms with E-state index in [-0.39, 0.29) is 5.91 Å². The number of hydrogen-bond donors (Lipinski definition) is 1. The second-order valence-corrected chi connectivity index (χ2v) is 5.53. The highest BCUT2D eigenvalue weighted by Crippen LogP contribution is 2.19. The fraction of sp³-hybridized carbons (Fsp3) is 0.733. The molecule has 112 valence electrons. The van der Waals surface area contributed by atoms with Crippen molar-refractivity contribution in [2.24, 2.45) is 5.92 Å². The normalized spacial score (nSPS) is 16.6. The maximum Gasteiger partial charge on any atom is 0.272 e. The number of rotatable bonds is 5. The molecular formula is C15H26N4O. The molecule has 2 heterocycles. The predicted molar refractivity (Wildman–Crippen MR) is 79.8 cm³/mol. The average molecular weight is 278 g/mol. The highest BCUT2D eigenvalue weighted by atomic mass is 16.2. The Kier molecular flexibility index (Phi) is 5.17. The molecule has 0 atom stereocenters. The van der Waals surface area contributed by atoms with Crippen LogP contribution in [0.1, 0.15) is 42.9 Å². The van der Waals surface area contributed by atoms with Gasteiger partial charge in [0.1, 0.15) is 5.69 Å². The largest absolute Gasteiger partial charge is 0.337 e. The molecule has 5 nitrogen and oxygen atoms in total. The van der Waals surface area contributed by atoms with E-state index in [0.717, 1.165) is 57.0 Å². The number of aromatic nitrogens is 2. The number of piperidine rings is 1. The summed E-state index contributed by atoms with van der Waals surface area (Å²) in [7, 11) is 0. The van der Waals surface area contributed by atoms with E-state index in [1.54, 1.807) is 0 Å². The van der Waals surface area contributed by atoms with Gasteiger partial charge in [0.2, 0.25) is 0 Å². The molecular weight excluding hydrogens is 252 g/mol. The summed E-state index contributed by atoms with van der Waals surface area (Å²) in [4.78, 5) is 14.5. The van der Waals surface area contributed by atoms with Crippen molar-refractivity contribution in [2.75, 3.05) is 26.2 Å². The number of likely N-dealkylation sites (tertiary alicyclic amines) is 1. The van der Waals surface area contributed by atoms with E-state index in [1.165, 1.54) is 0 Å². The summed E-state index contributed by atoms with van der Waals surface area (Å²) in [6, 6.07) is 1.90. The molecule has 2 rings (SSSR count). The molecule has 1 saturated heterocycles. The smallest absolute Gasteiger partial charge is 0.272 e. The maximum atomic E-state index is 12.6. The van der Waals surface area contributed by atoms with Gasteiger partial charge in [-0.05, 0) is 51.8 Å². The van der Waals surface area contributed by atoms with Crippen molar-refractivity contribution in [3.05, 3.63) is 17.5 Å². The van der Waals surface area contributed by atoms with E-state index in [9.17, 15) is 4.79 Å². The van der Waals surface area contributed by atoms with Gasteiger partial charge in [0, 0.05) is 19.6 Å². The van der Waals surface area contributed by atoms with Crippen LogP contribution in [0.25, 0.3) is 0 Å². The van der Waals surface area contributed by atoms with Crippen LogP contribution in [-0.4, -0.2) is 46.8 Å². The Balaban J connectivity index is 1.94. The van der Waals surface area contributed by atoms with Crippen LogP contribution in [0.4, 0.5) is 0 Å². The SMILES string of the molecule is CCNCC1CCN(C(=O)c2cc(C)nn2CC)CC1. The van der Waals surface area contributed by atoms with E-state index >= 15 is 0 Å². The van der Waals surface area contributed by atoms with Gasteiger partial charge in [0.05, 0.1) is 5.69 Å². The highest BCUT2D eigenvalue weighted by Gasteiger charge is 2.25. The van der Waals surface area contributed by atoms with Gasteiger partial charge < -0.3 is 10.2 Å². The molecule has 5 heteroatoms. The monoisotopic (exact) mass is 278 g/mol. The highest BCUT2D eigenvalue weighted by molar-refractivity contribution is 5.92. The van der Waals surface area contributed by atoms with Crippen molar-refractivity contribution in [2.45, 2.75) is 40.2 Å². The third-order valence-electron chi connectivity index (χ3n) is 4.01. The topological polar surface area (TPSA) is 50.2 Å². The number of carbonyl (C=O) groups is 1. The molecule has 0 unspecified atom stereocenters. The lowest BCUT2D eigenvalue weighted by atomic mass is 9.96. The number of nitrogens with one attached hydrogen (secondary N) is 1. The van der Waals surface area contributed by atoms with Crippen LogP contribution in [0.5, 0.6) is 0 Å². The number of aryl methyl sites for hydroxylation is 2. The van der Waals surface area contributed by atoms with Gasteiger partial charge in [-0.1, -0.05) is 6.92 Å². The summed E-state index contributed by atoms with van der Waals surface area (Å²) in [5, 5.41) is 7.76. The summed E-state index contributed by atoms with van der Waals surface area (Å²) < 4.78 is 1.81. The Morgan fingerprint density at radius 3 is 2.70 bits per heavy atom. The van der Waals surface area contributed by atoms with Gasteiger partial charge in [-0.2, -0.15) is 5.10 Å². The average Bonchev–Trinajstić information content (AvgIpc) is 2.86. The number of carbonyl (C=O) groups excluding carboxylic acids is 1. The van der Waals surface area contributed by atoms with E-state index in [4.69, 9.17) is 0 Å². The molecule has 1 aliphatic heterocycles. The summed E-state index contributed by atoms with van der Waals surface area (Å²) in [6.07, 6.45) is 2.19. The zero-order chi connectivity index (χ0) is 14.5. The Morgan fingerprint density at radius 2 is 2.10 bits per heavy atom. The maximum absolute atomic E-state index is 12.6. The first-order valence-corrected chi connectivity index (χ1v) is 7.70. The van der Waals surface area contributed by atoms with Gasteiger partial charge in [0.15, 0.2) is 0 Å². The molecule has 1 aromatic rings. The van der Waals surface area contributed by atoms with Crippen molar-refractivity contribution >= 4 is 5.91 Å². The standard InChI is InChI=1S/C15H26N4O/c1-4-16-11-13-6-8-18(9-7-13)15(20)14-10-12(3)17-19(14)5-2/h10,13,16H,4-9,11H2,1-3H3. The first kappa shape index (κ1) is 15.0. The number of hydrogen-bond acceptors (Lipinski definition) is 3. The van der Waals surface area contributed by atoms with Crippen LogP contribution in [-0.2, 0) is 6.54 Å². The Labute approximate surface area is 121 Å². The van der Waals surface area contributed by atoms with Crippen molar-refractivity contribution in [1.29, 1.82) is 0 Å². The lowest BCUT2D eigenvalue weighted by Crippen LogP contribution is -2.41. The molecule has 1 fully saturated rings. The summed E-state index contributed by atoms with van der Waals surface area (Å²) in [5.41, 5.74) is 1.65. The minimum Gasteiger partial charge on any atom is -0.337 e. The van der Waals surface area contributed by atoms with Crippen molar-refractivity contribution in [3.8, 4) is 0 Å².